The standard InChI is InChI=1S/C19H17N3O3S/c20-10-14(9-17-21-6-7-26-17)18(23)22-11-15(8-16(12-22)19(24)25)13-4-2-1-3-5-13/h1-7,9,15-16H,8,11-12H2,(H,24,25)/b14-9+. The zero-order valence-corrected chi connectivity index (χ0v) is 14.7. The number of carbonyl (C=O) groups excluding carboxylic acids is 1. The Morgan fingerprint density at radius 1 is 1.31 bits per heavy atom. The summed E-state index contributed by atoms with van der Waals surface area (Å²) in [5, 5.41) is 21.2. The van der Waals surface area contributed by atoms with Crippen LogP contribution >= 0.6 is 11.3 Å². The van der Waals surface area contributed by atoms with Crippen molar-refractivity contribution in [2.45, 2.75) is 12.3 Å². The monoisotopic (exact) mass is 367 g/mol. The van der Waals surface area contributed by atoms with Gasteiger partial charge in [-0.25, -0.2) is 4.98 Å². The van der Waals surface area contributed by atoms with E-state index in [0.717, 1.165) is 5.56 Å². The van der Waals surface area contributed by atoms with Crippen LogP contribution in [-0.4, -0.2) is 40.0 Å². The van der Waals surface area contributed by atoms with E-state index in [9.17, 15) is 20.0 Å². The molecule has 6 nitrogen and oxygen atoms in total. The van der Waals surface area contributed by atoms with Crippen LogP contribution < -0.4 is 0 Å². The minimum absolute atomic E-state index is 0.0298. The van der Waals surface area contributed by atoms with Crippen LogP contribution in [0.25, 0.3) is 6.08 Å². The Labute approximate surface area is 155 Å². The fourth-order valence-corrected chi connectivity index (χ4v) is 3.72. The lowest BCUT2D eigenvalue weighted by atomic mass is 9.84. The van der Waals surface area contributed by atoms with Gasteiger partial charge in [-0.2, -0.15) is 5.26 Å². The quantitative estimate of drug-likeness (QED) is 0.662. The highest BCUT2D eigenvalue weighted by atomic mass is 32.1. The number of carboxylic acid groups (broad SMARTS) is 1. The Bertz CT molecular complexity index is 856. The average molecular weight is 367 g/mol. The zero-order chi connectivity index (χ0) is 18.5. The number of rotatable bonds is 4. The highest BCUT2D eigenvalue weighted by molar-refractivity contribution is 7.10. The number of nitriles is 1. The number of carboxylic acids is 1. The Morgan fingerprint density at radius 2 is 2.08 bits per heavy atom. The van der Waals surface area contributed by atoms with Crippen molar-refractivity contribution in [3.8, 4) is 6.07 Å². The van der Waals surface area contributed by atoms with E-state index in [-0.39, 0.29) is 18.0 Å². The predicted octanol–water partition coefficient (Wildman–Crippen LogP) is 2.77. The fourth-order valence-electron chi connectivity index (χ4n) is 3.15. The summed E-state index contributed by atoms with van der Waals surface area (Å²) >= 11 is 1.33. The lowest BCUT2D eigenvalue weighted by Crippen LogP contribution is -2.45. The number of hydrogen-bond donors (Lipinski definition) is 1. The molecule has 1 fully saturated rings. The normalized spacial score (nSPS) is 20.4. The largest absolute Gasteiger partial charge is 0.481 e. The van der Waals surface area contributed by atoms with E-state index in [0.29, 0.717) is 18.0 Å². The van der Waals surface area contributed by atoms with Crippen LogP contribution in [0.2, 0.25) is 0 Å². The highest BCUT2D eigenvalue weighted by Gasteiger charge is 2.35. The molecule has 1 aromatic carbocycles. The van der Waals surface area contributed by atoms with E-state index in [1.165, 1.54) is 22.3 Å². The van der Waals surface area contributed by atoms with Gasteiger partial charge in [0.2, 0.25) is 0 Å². The minimum atomic E-state index is -0.925. The van der Waals surface area contributed by atoms with E-state index in [2.05, 4.69) is 4.98 Å². The molecule has 3 rings (SSSR count). The van der Waals surface area contributed by atoms with Crippen molar-refractivity contribution < 1.29 is 14.7 Å². The third kappa shape index (κ3) is 3.98. The Balaban J connectivity index is 1.86. The number of benzene rings is 1. The fraction of sp³-hybridized carbons (Fsp3) is 0.263. The molecule has 0 spiro atoms. The number of aliphatic carboxylic acids is 1. The van der Waals surface area contributed by atoms with Gasteiger partial charge in [-0.1, -0.05) is 30.3 Å². The first kappa shape index (κ1) is 17.8. The SMILES string of the molecule is N#C/C(=C\c1nccs1)C(=O)N1CC(C(=O)O)CC(c2ccccc2)C1. The first-order valence-corrected chi connectivity index (χ1v) is 9.04. The average Bonchev–Trinajstić information content (AvgIpc) is 3.19. The maximum absolute atomic E-state index is 12.8. The lowest BCUT2D eigenvalue weighted by Gasteiger charge is -2.36. The molecule has 2 heterocycles. The minimum Gasteiger partial charge on any atom is -0.481 e. The number of nitrogens with zero attached hydrogens (tertiary/aromatic N) is 3. The van der Waals surface area contributed by atoms with Gasteiger partial charge in [-0.15, -0.1) is 11.3 Å². The number of piperidine rings is 1. The van der Waals surface area contributed by atoms with E-state index >= 15 is 0 Å². The third-order valence-corrected chi connectivity index (χ3v) is 5.15. The van der Waals surface area contributed by atoms with Gasteiger partial charge < -0.3 is 10.0 Å². The summed E-state index contributed by atoms with van der Waals surface area (Å²) in [4.78, 5) is 29.9. The zero-order valence-electron chi connectivity index (χ0n) is 13.9. The molecule has 132 valence electrons. The van der Waals surface area contributed by atoms with Gasteiger partial charge in [0.15, 0.2) is 0 Å². The molecule has 1 aliphatic heterocycles. The van der Waals surface area contributed by atoms with E-state index in [4.69, 9.17) is 0 Å². The molecule has 2 unspecified atom stereocenters. The molecule has 1 N–H and O–H groups in total. The molecule has 0 aliphatic carbocycles. The molecular formula is C19H17N3O3S. The van der Waals surface area contributed by atoms with E-state index < -0.39 is 17.8 Å². The van der Waals surface area contributed by atoms with E-state index in [1.54, 1.807) is 11.6 Å². The number of amides is 1. The summed E-state index contributed by atoms with van der Waals surface area (Å²) in [5.41, 5.74) is 0.969. The highest BCUT2D eigenvalue weighted by Crippen LogP contribution is 2.31. The van der Waals surface area contributed by atoms with Gasteiger partial charge in [0.25, 0.3) is 5.91 Å². The van der Waals surface area contributed by atoms with Gasteiger partial charge in [0.1, 0.15) is 16.6 Å². The molecule has 0 radical (unpaired) electrons. The molecule has 1 amide bonds. The molecule has 1 saturated heterocycles. The van der Waals surface area contributed by atoms with Crippen molar-refractivity contribution in [1.82, 2.24) is 9.88 Å². The second kappa shape index (κ2) is 7.93. The number of aromatic nitrogens is 1. The molecule has 2 aromatic rings. The first-order chi connectivity index (χ1) is 12.6. The van der Waals surface area contributed by atoms with Crippen molar-refractivity contribution in [1.29, 1.82) is 5.26 Å². The van der Waals surface area contributed by atoms with Crippen LogP contribution in [0.3, 0.4) is 0 Å². The van der Waals surface area contributed by atoms with Crippen molar-refractivity contribution >= 4 is 29.3 Å². The molecule has 1 aliphatic rings. The maximum atomic E-state index is 12.8. The first-order valence-electron chi connectivity index (χ1n) is 8.16. The number of thiazole rings is 1. The van der Waals surface area contributed by atoms with Crippen LogP contribution in [0.4, 0.5) is 0 Å². The van der Waals surface area contributed by atoms with Crippen molar-refractivity contribution in [2.75, 3.05) is 13.1 Å². The van der Waals surface area contributed by atoms with Crippen LogP contribution in [0.1, 0.15) is 22.9 Å². The van der Waals surface area contributed by atoms with Gasteiger partial charge in [0, 0.05) is 30.6 Å². The molecular weight excluding hydrogens is 350 g/mol. The summed E-state index contributed by atoms with van der Waals surface area (Å²) in [6.07, 6.45) is 3.53. The molecule has 7 heteroatoms. The second-order valence-corrected chi connectivity index (χ2v) is 7.05. The summed E-state index contributed by atoms with van der Waals surface area (Å²) in [7, 11) is 0. The molecule has 26 heavy (non-hydrogen) atoms. The molecule has 0 saturated carbocycles. The third-order valence-electron chi connectivity index (χ3n) is 4.43. The summed E-state index contributed by atoms with van der Waals surface area (Å²) in [6, 6.07) is 11.5. The van der Waals surface area contributed by atoms with E-state index in [1.807, 2.05) is 36.4 Å². The van der Waals surface area contributed by atoms with Crippen LogP contribution in [0, 0.1) is 17.2 Å². The Hall–Kier alpha value is -2.98. The smallest absolute Gasteiger partial charge is 0.308 e. The molecule has 1 aromatic heterocycles. The van der Waals surface area contributed by atoms with Gasteiger partial charge in [-0.3, -0.25) is 9.59 Å². The van der Waals surface area contributed by atoms with Gasteiger partial charge in [-0.05, 0) is 18.1 Å². The topological polar surface area (TPSA) is 94.3 Å². The Morgan fingerprint density at radius 3 is 2.69 bits per heavy atom. The summed E-state index contributed by atoms with van der Waals surface area (Å²) < 4.78 is 0. The number of hydrogen-bond acceptors (Lipinski definition) is 5. The molecule has 0 bridgehead atoms. The number of likely N-dealkylation sites (tertiary alicyclic amines) is 1. The van der Waals surface area contributed by atoms with Gasteiger partial charge >= 0.3 is 5.97 Å². The summed E-state index contributed by atoms with van der Waals surface area (Å²) in [6.45, 7) is 0.498. The predicted molar refractivity (Wildman–Crippen MR) is 97.2 cm³/mol. The van der Waals surface area contributed by atoms with Gasteiger partial charge in [0.05, 0.1) is 5.92 Å². The Kier molecular flexibility index (Phi) is 5.44. The van der Waals surface area contributed by atoms with Crippen molar-refractivity contribution in [2.24, 2.45) is 5.92 Å². The van der Waals surface area contributed by atoms with Crippen LogP contribution in [0.5, 0.6) is 0 Å². The van der Waals surface area contributed by atoms with Crippen LogP contribution in [-0.2, 0) is 9.59 Å². The molecule has 2 atom stereocenters. The maximum Gasteiger partial charge on any atom is 0.308 e. The van der Waals surface area contributed by atoms with Crippen LogP contribution in [0.15, 0.2) is 47.5 Å². The van der Waals surface area contributed by atoms with Crippen molar-refractivity contribution in [3.05, 3.63) is 58.1 Å². The second-order valence-electron chi connectivity index (χ2n) is 6.13. The lowest BCUT2D eigenvalue weighted by molar-refractivity contribution is -0.145. The summed E-state index contributed by atoms with van der Waals surface area (Å²) in [5.74, 6) is -2.10. The number of carbonyl (C=O) groups is 2. The van der Waals surface area contributed by atoms with Crippen molar-refractivity contribution in [3.63, 3.8) is 0 Å².